The normalized spacial score (nSPS) is 32.5. The van der Waals surface area contributed by atoms with Gasteiger partial charge >= 0.3 is 0 Å². The molecule has 0 spiro atoms. The van der Waals surface area contributed by atoms with Gasteiger partial charge in [-0.25, -0.2) is 4.39 Å². The number of anilines is 1. The van der Waals surface area contributed by atoms with E-state index in [0.29, 0.717) is 12.1 Å². The van der Waals surface area contributed by atoms with Crippen molar-refractivity contribution in [2.75, 3.05) is 5.32 Å². The Bertz CT molecular complexity index is 688. The van der Waals surface area contributed by atoms with Gasteiger partial charge in [-0.2, -0.15) is 0 Å². The maximum absolute atomic E-state index is 13.9. The maximum atomic E-state index is 13.9. The van der Waals surface area contributed by atoms with Gasteiger partial charge in [-0.15, -0.1) is 0 Å². The number of benzene rings is 1. The van der Waals surface area contributed by atoms with E-state index in [4.69, 9.17) is 12.2 Å². The predicted molar refractivity (Wildman–Crippen MR) is 109 cm³/mol. The molecule has 0 atom stereocenters. The molecule has 134 valence electrons. The van der Waals surface area contributed by atoms with Crippen LogP contribution in [0.25, 0.3) is 0 Å². The molecule has 3 nitrogen and oxygen atoms in total. The Labute approximate surface area is 166 Å². The molecule has 5 rings (SSSR count). The molecule has 25 heavy (non-hydrogen) atoms. The van der Waals surface area contributed by atoms with Gasteiger partial charge in [-0.05, 0) is 115 Å². The van der Waals surface area contributed by atoms with Crippen molar-refractivity contribution in [2.24, 2.45) is 23.2 Å². The highest BCUT2D eigenvalue weighted by Crippen LogP contribution is 2.61. The summed E-state index contributed by atoms with van der Waals surface area (Å²) in [5.74, 6) is 2.06. The first-order chi connectivity index (χ1) is 11.9. The van der Waals surface area contributed by atoms with Crippen molar-refractivity contribution in [3.63, 3.8) is 0 Å². The largest absolute Gasteiger partial charge is 0.330 e. The number of carbonyl (C=O) groups is 1. The zero-order valence-corrected chi connectivity index (χ0v) is 17.0. The van der Waals surface area contributed by atoms with Crippen LogP contribution >= 0.6 is 34.8 Å². The third-order valence-electron chi connectivity index (χ3n) is 6.13. The van der Waals surface area contributed by atoms with Gasteiger partial charge in [0, 0.05) is 9.99 Å². The Morgan fingerprint density at radius 1 is 1.20 bits per heavy atom. The number of carbonyl (C=O) groups excluding carboxylic acids is 1. The highest BCUT2D eigenvalue weighted by Gasteiger charge is 2.51. The van der Waals surface area contributed by atoms with Crippen molar-refractivity contribution in [1.82, 2.24) is 5.32 Å². The number of nitrogens with one attached hydrogen (secondary N) is 2. The molecule has 4 saturated carbocycles. The van der Waals surface area contributed by atoms with Crippen molar-refractivity contribution in [1.29, 1.82) is 0 Å². The quantitative estimate of drug-likeness (QED) is 0.488. The summed E-state index contributed by atoms with van der Waals surface area (Å²) in [5, 5.41) is 5.73. The molecule has 4 bridgehead atoms. The van der Waals surface area contributed by atoms with E-state index >= 15 is 0 Å². The molecule has 6 heteroatoms. The second-order valence-corrected chi connectivity index (χ2v) is 9.87. The lowest BCUT2D eigenvalue weighted by Crippen LogP contribution is -2.48. The lowest BCUT2D eigenvalue weighted by Gasteiger charge is -2.56. The summed E-state index contributed by atoms with van der Waals surface area (Å²) in [5.41, 5.74) is 0.475. The summed E-state index contributed by atoms with van der Waals surface area (Å²) in [6.07, 6.45) is 8.23. The first-order valence-electron chi connectivity index (χ1n) is 8.97. The molecule has 4 fully saturated rings. The van der Waals surface area contributed by atoms with Crippen molar-refractivity contribution < 1.29 is 9.18 Å². The number of halogens is 2. The van der Waals surface area contributed by atoms with Gasteiger partial charge < -0.3 is 10.6 Å². The van der Waals surface area contributed by atoms with Gasteiger partial charge in [0.2, 0.25) is 5.91 Å². The van der Waals surface area contributed by atoms with Crippen LogP contribution in [-0.2, 0) is 4.79 Å². The SMILES string of the molecule is O=C(CC12CC3CC(CC(C3)C1)C2)NC(=S)Nc1ccc(I)cc1F. The van der Waals surface area contributed by atoms with Gasteiger partial charge in [0.25, 0.3) is 0 Å². The zero-order valence-electron chi connectivity index (χ0n) is 14.0. The summed E-state index contributed by atoms with van der Waals surface area (Å²) < 4.78 is 14.7. The zero-order chi connectivity index (χ0) is 17.6. The molecule has 1 aromatic rings. The Balaban J connectivity index is 1.35. The van der Waals surface area contributed by atoms with Gasteiger partial charge in [0.05, 0.1) is 5.69 Å². The van der Waals surface area contributed by atoms with E-state index in [1.165, 1.54) is 44.6 Å². The summed E-state index contributed by atoms with van der Waals surface area (Å²) in [6, 6.07) is 4.86. The van der Waals surface area contributed by atoms with Crippen LogP contribution in [-0.4, -0.2) is 11.0 Å². The summed E-state index contributed by atoms with van der Waals surface area (Å²) in [7, 11) is 0. The fourth-order valence-electron chi connectivity index (χ4n) is 5.76. The molecule has 2 N–H and O–H groups in total. The average molecular weight is 472 g/mol. The van der Waals surface area contributed by atoms with Crippen molar-refractivity contribution in [2.45, 2.75) is 44.9 Å². The highest BCUT2D eigenvalue weighted by molar-refractivity contribution is 14.1. The highest BCUT2D eigenvalue weighted by atomic mass is 127. The van der Waals surface area contributed by atoms with Crippen LogP contribution < -0.4 is 10.6 Å². The van der Waals surface area contributed by atoms with Crippen molar-refractivity contribution in [3.05, 3.63) is 27.6 Å². The number of amides is 1. The van der Waals surface area contributed by atoms with E-state index in [-0.39, 0.29) is 22.3 Å². The molecule has 1 aromatic carbocycles. The Kier molecular flexibility index (Phi) is 4.77. The number of thiocarbonyl (C=S) groups is 1. The molecule has 0 heterocycles. The molecule has 4 aliphatic rings. The molecule has 0 saturated heterocycles. The molecule has 1 amide bonds. The third-order valence-corrected chi connectivity index (χ3v) is 7.01. The molecule has 0 aliphatic heterocycles. The monoisotopic (exact) mass is 472 g/mol. The minimum atomic E-state index is -0.371. The smallest absolute Gasteiger partial charge is 0.226 e. The summed E-state index contributed by atoms with van der Waals surface area (Å²) >= 11 is 7.26. The maximum Gasteiger partial charge on any atom is 0.226 e. The topological polar surface area (TPSA) is 41.1 Å². The molecule has 4 aliphatic carbocycles. The first-order valence-corrected chi connectivity index (χ1v) is 10.5. The molecule has 0 aromatic heterocycles. The van der Waals surface area contributed by atoms with Crippen LogP contribution in [0.1, 0.15) is 44.9 Å². The molecular formula is C19H22FIN2OS. The summed E-state index contributed by atoms with van der Waals surface area (Å²) in [4.78, 5) is 12.5. The minimum Gasteiger partial charge on any atom is -0.330 e. The Morgan fingerprint density at radius 3 is 2.36 bits per heavy atom. The van der Waals surface area contributed by atoms with Crippen molar-refractivity contribution in [3.8, 4) is 0 Å². The van der Waals surface area contributed by atoms with Crippen LogP contribution in [0.3, 0.4) is 0 Å². The van der Waals surface area contributed by atoms with Crippen LogP contribution in [0.4, 0.5) is 10.1 Å². The summed E-state index contributed by atoms with van der Waals surface area (Å²) in [6.45, 7) is 0. The third kappa shape index (κ3) is 3.84. The lowest BCUT2D eigenvalue weighted by molar-refractivity contribution is -0.127. The lowest BCUT2D eigenvalue weighted by atomic mass is 9.49. The van der Waals surface area contributed by atoms with Crippen LogP contribution in [0.15, 0.2) is 18.2 Å². The second-order valence-electron chi connectivity index (χ2n) is 8.22. The standard InChI is InChI=1S/C19H22FIN2OS/c20-15-6-14(21)1-2-16(15)22-18(25)23-17(24)10-19-7-11-3-12(8-19)5-13(4-11)9-19/h1-2,6,11-13H,3-5,7-10H2,(H2,22,23,24,25). The van der Waals surface area contributed by atoms with E-state index in [1.807, 2.05) is 0 Å². The molecule has 0 radical (unpaired) electrons. The van der Waals surface area contributed by atoms with Gasteiger partial charge in [0.15, 0.2) is 5.11 Å². The van der Waals surface area contributed by atoms with Gasteiger partial charge in [-0.1, -0.05) is 0 Å². The fourth-order valence-corrected chi connectivity index (χ4v) is 6.44. The van der Waals surface area contributed by atoms with Crippen molar-refractivity contribution >= 4 is 51.5 Å². The van der Waals surface area contributed by atoms with Gasteiger partial charge in [0.1, 0.15) is 5.82 Å². The van der Waals surface area contributed by atoms with E-state index in [0.717, 1.165) is 21.3 Å². The predicted octanol–water partition coefficient (Wildman–Crippen LogP) is 4.85. The molecular weight excluding hydrogens is 450 g/mol. The van der Waals surface area contributed by atoms with E-state index < -0.39 is 0 Å². The average Bonchev–Trinajstić information content (AvgIpc) is 2.47. The van der Waals surface area contributed by atoms with Gasteiger partial charge in [-0.3, -0.25) is 4.79 Å². The number of hydrogen-bond acceptors (Lipinski definition) is 2. The number of rotatable bonds is 3. The minimum absolute atomic E-state index is 0.0367. The van der Waals surface area contributed by atoms with E-state index in [1.54, 1.807) is 12.1 Å². The second kappa shape index (κ2) is 6.76. The first kappa shape index (κ1) is 17.6. The Hall–Kier alpha value is -0.760. The van der Waals surface area contributed by atoms with Crippen LogP contribution in [0.5, 0.6) is 0 Å². The number of hydrogen-bond donors (Lipinski definition) is 2. The van der Waals surface area contributed by atoms with Crippen LogP contribution in [0, 0.1) is 32.6 Å². The van der Waals surface area contributed by atoms with Crippen LogP contribution in [0.2, 0.25) is 0 Å². The van der Waals surface area contributed by atoms with E-state index in [9.17, 15) is 9.18 Å². The molecule has 0 unspecified atom stereocenters. The Morgan fingerprint density at radius 2 is 1.80 bits per heavy atom. The van der Waals surface area contributed by atoms with E-state index in [2.05, 4.69) is 33.2 Å². The fraction of sp³-hybridized carbons (Fsp3) is 0.579.